The minimum Gasteiger partial charge on any atom is -0.351 e. The van der Waals surface area contributed by atoms with E-state index in [4.69, 9.17) is 5.73 Å². The molecule has 2 atom stereocenters. The van der Waals surface area contributed by atoms with Gasteiger partial charge in [0.15, 0.2) is 0 Å². The van der Waals surface area contributed by atoms with Crippen LogP contribution in [0.3, 0.4) is 0 Å². The molecule has 8 nitrogen and oxygen atoms in total. The number of carbonyl (C=O) groups excluding carboxylic acids is 3. The minimum atomic E-state index is -0.744. The predicted octanol–water partition coefficient (Wildman–Crippen LogP) is 0.789. The van der Waals surface area contributed by atoms with Crippen LogP contribution < -0.4 is 5.73 Å². The number of nitrogens with zero attached hydrogens (tertiary/aromatic N) is 4. The third-order valence-corrected chi connectivity index (χ3v) is 5.07. The van der Waals surface area contributed by atoms with Gasteiger partial charge in [0, 0.05) is 12.6 Å². The van der Waals surface area contributed by atoms with E-state index in [1.165, 1.54) is 14.7 Å². The lowest BCUT2D eigenvalue weighted by atomic mass is 9.96. The van der Waals surface area contributed by atoms with E-state index >= 15 is 0 Å². The summed E-state index contributed by atoms with van der Waals surface area (Å²) in [6.45, 7) is 0.260. The molecule has 128 valence electrons. The van der Waals surface area contributed by atoms with Gasteiger partial charge in [0.1, 0.15) is 6.04 Å². The number of primary amides is 1. The summed E-state index contributed by atoms with van der Waals surface area (Å²) in [7, 11) is 0. The van der Waals surface area contributed by atoms with Gasteiger partial charge in [0.05, 0.1) is 24.2 Å². The van der Waals surface area contributed by atoms with Gasteiger partial charge in [0.25, 0.3) is 5.91 Å². The van der Waals surface area contributed by atoms with Gasteiger partial charge in [-0.15, -0.1) is 0 Å². The van der Waals surface area contributed by atoms with Crippen molar-refractivity contribution in [2.24, 2.45) is 5.73 Å². The molecule has 3 fully saturated rings. The van der Waals surface area contributed by atoms with Crippen molar-refractivity contribution in [3.8, 4) is 6.07 Å². The molecule has 1 aromatic rings. The fraction of sp³-hybridized carbons (Fsp3) is 0.412. The molecule has 4 rings (SSSR count). The standard InChI is InChI=1S/C17H17N5O3/c18-7-10-3-1-2-4-12(10)13-8-20(16(19)24)9-14-15(23)21(11-5-6-11)17(25)22(13)14/h1-4,11,13-14H,5-6,8-9H2,(H2,19,24). The summed E-state index contributed by atoms with van der Waals surface area (Å²) >= 11 is 0. The van der Waals surface area contributed by atoms with Crippen LogP contribution in [0.25, 0.3) is 0 Å². The SMILES string of the molecule is N#Cc1ccccc1C1CN(C(N)=O)CC2C(=O)N(C3CC3)C(=O)N21. The van der Waals surface area contributed by atoms with Crippen molar-refractivity contribution < 1.29 is 14.4 Å². The molecule has 0 aromatic heterocycles. The normalized spacial score (nSPS) is 25.8. The largest absolute Gasteiger partial charge is 0.351 e. The second kappa shape index (κ2) is 5.48. The molecule has 0 bridgehead atoms. The second-order valence-electron chi connectivity index (χ2n) is 6.60. The van der Waals surface area contributed by atoms with E-state index in [0.29, 0.717) is 11.1 Å². The summed E-state index contributed by atoms with van der Waals surface area (Å²) in [6, 6.07) is 6.72. The summed E-state index contributed by atoms with van der Waals surface area (Å²) in [5, 5.41) is 9.40. The van der Waals surface area contributed by atoms with Crippen LogP contribution in [0.2, 0.25) is 0 Å². The van der Waals surface area contributed by atoms with E-state index in [2.05, 4.69) is 6.07 Å². The highest BCUT2D eigenvalue weighted by molar-refractivity contribution is 6.05. The lowest BCUT2D eigenvalue weighted by molar-refractivity contribution is -0.130. The molecule has 1 aliphatic carbocycles. The molecule has 5 amide bonds. The highest BCUT2D eigenvalue weighted by Gasteiger charge is 2.56. The van der Waals surface area contributed by atoms with Crippen LogP contribution in [0.1, 0.15) is 30.0 Å². The molecular formula is C17H17N5O3. The predicted molar refractivity (Wildman–Crippen MR) is 85.9 cm³/mol. The van der Waals surface area contributed by atoms with E-state index in [1.54, 1.807) is 24.3 Å². The van der Waals surface area contributed by atoms with Crippen molar-refractivity contribution in [1.29, 1.82) is 5.26 Å². The monoisotopic (exact) mass is 339 g/mol. The molecule has 1 saturated carbocycles. The van der Waals surface area contributed by atoms with Crippen LogP contribution in [0.4, 0.5) is 9.59 Å². The Morgan fingerprint density at radius 1 is 1.16 bits per heavy atom. The van der Waals surface area contributed by atoms with Crippen LogP contribution in [0.5, 0.6) is 0 Å². The maximum atomic E-state index is 12.9. The average molecular weight is 339 g/mol. The van der Waals surface area contributed by atoms with Crippen LogP contribution >= 0.6 is 0 Å². The van der Waals surface area contributed by atoms with Gasteiger partial charge in [-0.1, -0.05) is 18.2 Å². The highest BCUT2D eigenvalue weighted by atomic mass is 16.2. The van der Waals surface area contributed by atoms with Gasteiger partial charge in [-0.3, -0.25) is 9.69 Å². The van der Waals surface area contributed by atoms with Crippen molar-refractivity contribution >= 4 is 18.0 Å². The molecule has 2 N–H and O–H groups in total. The van der Waals surface area contributed by atoms with Gasteiger partial charge in [0.2, 0.25) is 0 Å². The number of fused-ring (bicyclic) bond motifs is 1. The number of rotatable bonds is 2. The lowest BCUT2D eigenvalue weighted by Crippen LogP contribution is -2.57. The van der Waals surface area contributed by atoms with Gasteiger partial charge < -0.3 is 15.5 Å². The first-order chi connectivity index (χ1) is 12.0. The summed E-state index contributed by atoms with van der Waals surface area (Å²) in [5.41, 5.74) is 6.49. The fourth-order valence-corrected chi connectivity index (χ4v) is 3.71. The number of benzene rings is 1. The maximum Gasteiger partial charge on any atom is 0.328 e. The second-order valence-corrected chi connectivity index (χ2v) is 6.60. The first kappa shape index (κ1) is 15.4. The Hall–Kier alpha value is -3.08. The number of imide groups is 1. The number of hydrogen-bond acceptors (Lipinski definition) is 4. The van der Waals surface area contributed by atoms with Crippen molar-refractivity contribution in [2.45, 2.75) is 31.0 Å². The van der Waals surface area contributed by atoms with Crippen molar-refractivity contribution in [2.75, 3.05) is 13.1 Å². The zero-order valence-electron chi connectivity index (χ0n) is 13.5. The van der Waals surface area contributed by atoms with Crippen LogP contribution in [-0.2, 0) is 4.79 Å². The van der Waals surface area contributed by atoms with Crippen LogP contribution in [-0.4, -0.2) is 57.8 Å². The molecule has 2 unspecified atom stereocenters. The quantitative estimate of drug-likeness (QED) is 0.803. The van der Waals surface area contributed by atoms with Gasteiger partial charge in [-0.25, -0.2) is 9.59 Å². The van der Waals surface area contributed by atoms with Gasteiger partial charge in [-0.05, 0) is 24.5 Å². The summed E-state index contributed by atoms with van der Waals surface area (Å²) in [6.07, 6.45) is 1.63. The van der Waals surface area contributed by atoms with Crippen LogP contribution in [0, 0.1) is 11.3 Å². The third-order valence-electron chi connectivity index (χ3n) is 5.07. The Morgan fingerprint density at radius 3 is 2.48 bits per heavy atom. The molecule has 0 radical (unpaired) electrons. The molecule has 3 aliphatic rings. The van der Waals surface area contributed by atoms with Gasteiger partial charge >= 0.3 is 12.1 Å². The van der Waals surface area contributed by atoms with Crippen molar-refractivity contribution in [1.82, 2.24) is 14.7 Å². The molecule has 8 heteroatoms. The van der Waals surface area contributed by atoms with Crippen molar-refractivity contribution in [3.63, 3.8) is 0 Å². The lowest BCUT2D eigenvalue weighted by Gasteiger charge is -2.41. The van der Waals surface area contributed by atoms with E-state index in [-0.39, 0.29) is 31.1 Å². The summed E-state index contributed by atoms with van der Waals surface area (Å²) < 4.78 is 0. The van der Waals surface area contributed by atoms with Crippen molar-refractivity contribution in [3.05, 3.63) is 35.4 Å². The Kier molecular flexibility index (Phi) is 3.39. The fourth-order valence-electron chi connectivity index (χ4n) is 3.71. The Balaban J connectivity index is 1.78. The number of carbonyl (C=O) groups is 3. The molecular weight excluding hydrogens is 322 g/mol. The first-order valence-electron chi connectivity index (χ1n) is 8.21. The number of nitrogens with two attached hydrogens (primary N) is 1. The number of piperazine rings is 1. The smallest absolute Gasteiger partial charge is 0.328 e. The summed E-state index contributed by atoms with van der Waals surface area (Å²) in [4.78, 5) is 41.6. The molecule has 0 spiro atoms. The maximum absolute atomic E-state index is 12.9. The molecule has 2 saturated heterocycles. The zero-order chi connectivity index (χ0) is 17.7. The number of nitriles is 1. The Morgan fingerprint density at radius 2 is 1.84 bits per heavy atom. The number of hydrogen-bond donors (Lipinski definition) is 1. The average Bonchev–Trinajstić information content (AvgIpc) is 3.41. The first-order valence-corrected chi connectivity index (χ1v) is 8.21. The van der Waals surface area contributed by atoms with E-state index in [1.807, 2.05) is 0 Å². The van der Waals surface area contributed by atoms with E-state index < -0.39 is 18.1 Å². The van der Waals surface area contributed by atoms with Gasteiger partial charge in [-0.2, -0.15) is 5.26 Å². The van der Waals surface area contributed by atoms with E-state index in [0.717, 1.165) is 12.8 Å². The molecule has 2 heterocycles. The summed E-state index contributed by atoms with van der Waals surface area (Å²) in [5.74, 6) is -0.280. The Bertz CT molecular complexity index is 813. The topological polar surface area (TPSA) is 111 Å². The number of amides is 5. The molecule has 1 aromatic carbocycles. The minimum absolute atomic E-state index is 0.0421. The number of urea groups is 2. The van der Waals surface area contributed by atoms with E-state index in [9.17, 15) is 19.6 Å². The Labute approximate surface area is 144 Å². The third kappa shape index (κ3) is 2.31. The molecule has 25 heavy (non-hydrogen) atoms. The van der Waals surface area contributed by atoms with Crippen LogP contribution in [0.15, 0.2) is 24.3 Å². The molecule has 2 aliphatic heterocycles. The highest BCUT2D eigenvalue weighted by Crippen LogP contribution is 2.40. The zero-order valence-corrected chi connectivity index (χ0v) is 13.5.